The van der Waals surface area contributed by atoms with Gasteiger partial charge in [0.2, 0.25) is 11.9 Å². The summed E-state index contributed by atoms with van der Waals surface area (Å²) in [6, 6.07) is -0.0957. The molecule has 0 bridgehead atoms. The van der Waals surface area contributed by atoms with Crippen molar-refractivity contribution in [2.75, 3.05) is 54.0 Å². The summed E-state index contributed by atoms with van der Waals surface area (Å²) in [6.07, 6.45) is 2.22. The second-order valence-electron chi connectivity index (χ2n) is 6.45. The van der Waals surface area contributed by atoms with Gasteiger partial charge in [0, 0.05) is 45.7 Å². The van der Waals surface area contributed by atoms with E-state index in [1.807, 2.05) is 16.7 Å². The number of hydrogen-bond acceptors (Lipinski definition) is 8. The maximum absolute atomic E-state index is 11.8. The summed E-state index contributed by atoms with van der Waals surface area (Å²) in [4.78, 5) is 21.9. The number of anilines is 2. The predicted octanol–water partition coefficient (Wildman–Crippen LogP) is -0.446. The third kappa shape index (κ3) is 4.00. The normalized spacial score (nSPS) is 22.9. The van der Waals surface area contributed by atoms with Crippen molar-refractivity contribution in [1.82, 2.24) is 20.1 Å². The number of rotatable bonds is 4. The van der Waals surface area contributed by atoms with Gasteiger partial charge in [-0.3, -0.25) is 4.79 Å². The Kier molecular flexibility index (Phi) is 5.07. The molecule has 3 heterocycles. The summed E-state index contributed by atoms with van der Waals surface area (Å²) in [5.74, 6) is 1.63. The van der Waals surface area contributed by atoms with Crippen molar-refractivity contribution in [1.29, 1.82) is 0 Å². The van der Waals surface area contributed by atoms with Crippen molar-refractivity contribution >= 4 is 27.5 Å². The zero-order chi connectivity index (χ0) is 18.0. The van der Waals surface area contributed by atoms with Gasteiger partial charge in [0.15, 0.2) is 15.7 Å². The highest BCUT2D eigenvalue weighted by molar-refractivity contribution is 7.91. The molecule has 0 aromatic carbocycles. The number of piperazine rings is 1. The largest absolute Gasteiger partial charge is 0.352 e. The van der Waals surface area contributed by atoms with Gasteiger partial charge in [-0.05, 0) is 13.3 Å². The van der Waals surface area contributed by atoms with Gasteiger partial charge in [0.05, 0.1) is 17.7 Å². The Morgan fingerprint density at radius 2 is 2.04 bits per heavy atom. The molecule has 0 saturated carbocycles. The molecule has 2 fully saturated rings. The molecule has 2 saturated heterocycles. The summed E-state index contributed by atoms with van der Waals surface area (Å²) in [5, 5.41) is 8.18. The number of amides is 1. The molecule has 0 N–H and O–H groups in total. The highest BCUT2D eigenvalue weighted by Crippen LogP contribution is 2.23. The second-order valence-corrected chi connectivity index (χ2v) is 8.68. The molecule has 0 spiro atoms. The molecule has 3 rings (SSSR count). The number of carbonyl (C=O) groups excluding carboxylic acids is 1. The predicted molar refractivity (Wildman–Crippen MR) is 94.4 cm³/mol. The molecule has 9 nitrogen and oxygen atoms in total. The van der Waals surface area contributed by atoms with E-state index in [4.69, 9.17) is 0 Å². The van der Waals surface area contributed by atoms with Gasteiger partial charge in [0.25, 0.3) is 0 Å². The summed E-state index contributed by atoms with van der Waals surface area (Å²) in [6.45, 7) is 6.88. The second kappa shape index (κ2) is 7.11. The number of hydrogen-bond donors (Lipinski definition) is 0. The minimum Gasteiger partial charge on any atom is -0.352 e. The van der Waals surface area contributed by atoms with Gasteiger partial charge >= 0.3 is 0 Å². The Morgan fingerprint density at radius 3 is 2.60 bits per heavy atom. The molecule has 1 aromatic heterocycles. The van der Waals surface area contributed by atoms with Crippen LogP contribution in [-0.4, -0.2) is 84.7 Å². The van der Waals surface area contributed by atoms with Crippen LogP contribution in [0.2, 0.25) is 0 Å². The topological polar surface area (TPSA) is 99.6 Å². The lowest BCUT2D eigenvalue weighted by Gasteiger charge is -2.35. The van der Waals surface area contributed by atoms with Crippen LogP contribution in [0.5, 0.6) is 0 Å². The Hall–Kier alpha value is -1.97. The fourth-order valence-electron chi connectivity index (χ4n) is 3.39. The van der Waals surface area contributed by atoms with Crippen molar-refractivity contribution in [3.63, 3.8) is 0 Å². The summed E-state index contributed by atoms with van der Waals surface area (Å²) in [7, 11) is -2.97. The van der Waals surface area contributed by atoms with Crippen LogP contribution in [0.15, 0.2) is 6.20 Å². The lowest BCUT2D eigenvalue weighted by molar-refractivity contribution is -0.129. The zero-order valence-electron chi connectivity index (χ0n) is 14.6. The molecule has 138 valence electrons. The lowest BCUT2D eigenvalue weighted by atomic mass is 10.2. The monoisotopic (exact) mass is 368 g/mol. The van der Waals surface area contributed by atoms with Crippen LogP contribution < -0.4 is 9.80 Å². The van der Waals surface area contributed by atoms with E-state index >= 15 is 0 Å². The molecule has 10 heteroatoms. The van der Waals surface area contributed by atoms with Crippen LogP contribution in [0.1, 0.15) is 20.3 Å². The number of nitrogens with zero attached hydrogens (tertiary/aromatic N) is 6. The van der Waals surface area contributed by atoms with Gasteiger partial charge in [0.1, 0.15) is 0 Å². The highest BCUT2D eigenvalue weighted by Gasteiger charge is 2.33. The number of sulfone groups is 1. The number of aromatic nitrogens is 3. The van der Waals surface area contributed by atoms with Gasteiger partial charge in [-0.1, -0.05) is 0 Å². The van der Waals surface area contributed by atoms with E-state index in [1.54, 1.807) is 13.1 Å². The van der Waals surface area contributed by atoms with E-state index in [1.165, 1.54) is 0 Å². The first-order chi connectivity index (χ1) is 11.9. The van der Waals surface area contributed by atoms with Gasteiger partial charge in [-0.25, -0.2) is 8.42 Å². The van der Waals surface area contributed by atoms with Gasteiger partial charge < -0.3 is 14.7 Å². The average Bonchev–Trinajstić information content (AvgIpc) is 2.95. The summed E-state index contributed by atoms with van der Waals surface area (Å²) in [5.41, 5.74) is 0. The van der Waals surface area contributed by atoms with E-state index in [0.717, 1.165) is 0 Å². The third-order valence-corrected chi connectivity index (χ3v) is 6.58. The van der Waals surface area contributed by atoms with E-state index in [2.05, 4.69) is 20.1 Å². The smallest absolute Gasteiger partial charge is 0.247 e. The van der Waals surface area contributed by atoms with Gasteiger partial charge in [-0.2, -0.15) is 10.1 Å². The zero-order valence-corrected chi connectivity index (χ0v) is 15.4. The first kappa shape index (κ1) is 17.8. The van der Waals surface area contributed by atoms with Crippen LogP contribution in [0, 0.1) is 0 Å². The molecule has 0 radical (unpaired) electrons. The van der Waals surface area contributed by atoms with Crippen LogP contribution >= 0.6 is 0 Å². The minimum absolute atomic E-state index is 0.0840. The first-order valence-electron chi connectivity index (χ1n) is 8.57. The van der Waals surface area contributed by atoms with Crippen LogP contribution in [-0.2, 0) is 14.6 Å². The first-order valence-corrected chi connectivity index (χ1v) is 10.4. The fraction of sp³-hybridized carbons (Fsp3) is 0.733. The quantitative estimate of drug-likeness (QED) is 0.705. The Morgan fingerprint density at radius 1 is 1.32 bits per heavy atom. The molecule has 1 amide bonds. The van der Waals surface area contributed by atoms with E-state index < -0.39 is 9.84 Å². The Labute approximate surface area is 147 Å². The Bertz CT molecular complexity index is 733. The van der Waals surface area contributed by atoms with E-state index in [-0.39, 0.29) is 23.5 Å². The Balaban J connectivity index is 1.74. The third-order valence-electron chi connectivity index (χ3n) is 4.83. The standard InChI is InChI=1S/C15H24N6O3S/c1-3-21(13-4-9-25(23,24)11-13)15-17-14(10-16-18-15)20-7-5-19(6-8-20)12(2)22/h10,13H,3-9,11H2,1-2H3. The lowest BCUT2D eigenvalue weighted by Crippen LogP contribution is -2.48. The maximum Gasteiger partial charge on any atom is 0.247 e. The molecule has 25 heavy (non-hydrogen) atoms. The molecule has 1 atom stereocenters. The summed E-state index contributed by atoms with van der Waals surface area (Å²) < 4.78 is 23.5. The van der Waals surface area contributed by atoms with Crippen LogP contribution in [0.25, 0.3) is 0 Å². The molecular formula is C15H24N6O3S. The van der Waals surface area contributed by atoms with Crippen LogP contribution in [0.3, 0.4) is 0 Å². The molecule has 1 unspecified atom stereocenters. The van der Waals surface area contributed by atoms with E-state index in [9.17, 15) is 13.2 Å². The summed E-state index contributed by atoms with van der Waals surface area (Å²) >= 11 is 0. The molecule has 2 aliphatic heterocycles. The van der Waals surface area contributed by atoms with E-state index in [0.29, 0.717) is 50.9 Å². The maximum atomic E-state index is 11.8. The molecular weight excluding hydrogens is 344 g/mol. The SMILES string of the molecule is CCN(c1nncc(N2CCN(C(C)=O)CC2)n1)C1CCS(=O)(=O)C1. The van der Waals surface area contributed by atoms with Crippen molar-refractivity contribution in [2.45, 2.75) is 26.3 Å². The van der Waals surface area contributed by atoms with Crippen molar-refractivity contribution in [2.24, 2.45) is 0 Å². The minimum atomic E-state index is -2.97. The highest BCUT2D eigenvalue weighted by atomic mass is 32.2. The van der Waals surface area contributed by atoms with Crippen molar-refractivity contribution in [3.05, 3.63) is 6.20 Å². The molecule has 1 aromatic rings. The molecule has 2 aliphatic rings. The van der Waals surface area contributed by atoms with Crippen LogP contribution in [0.4, 0.5) is 11.8 Å². The van der Waals surface area contributed by atoms with Crippen molar-refractivity contribution < 1.29 is 13.2 Å². The van der Waals surface area contributed by atoms with Crippen molar-refractivity contribution in [3.8, 4) is 0 Å². The van der Waals surface area contributed by atoms with Gasteiger partial charge in [-0.15, -0.1) is 5.10 Å². The average molecular weight is 368 g/mol. The number of carbonyl (C=O) groups is 1. The fourth-order valence-corrected chi connectivity index (χ4v) is 5.13. The molecule has 0 aliphatic carbocycles.